The van der Waals surface area contributed by atoms with Gasteiger partial charge in [0.2, 0.25) is 5.91 Å². The van der Waals surface area contributed by atoms with E-state index < -0.39 is 6.67 Å². The third kappa shape index (κ3) is 7.31. The van der Waals surface area contributed by atoms with Gasteiger partial charge in [0, 0.05) is 23.3 Å². The maximum atomic E-state index is 12.0. The number of anilines is 2. The number of carbonyl (C=O) groups is 1. The molecule has 4 aromatic rings. The van der Waals surface area contributed by atoms with Gasteiger partial charge in [-0.05, 0) is 67.4 Å². The predicted molar refractivity (Wildman–Crippen MR) is 142 cm³/mol. The second-order valence-corrected chi connectivity index (χ2v) is 8.29. The fourth-order valence-electron chi connectivity index (χ4n) is 3.54. The van der Waals surface area contributed by atoms with E-state index in [9.17, 15) is 9.18 Å². The van der Waals surface area contributed by atoms with Crippen LogP contribution in [0, 0.1) is 13.8 Å². The summed E-state index contributed by atoms with van der Waals surface area (Å²) in [4.78, 5) is 24.7. The summed E-state index contributed by atoms with van der Waals surface area (Å²) in [6.45, 7) is 3.40. The number of nitrogens with zero attached hydrogens (tertiary/aromatic N) is 3. The van der Waals surface area contributed by atoms with E-state index in [2.05, 4.69) is 25.6 Å². The second kappa shape index (κ2) is 12.5. The van der Waals surface area contributed by atoms with Crippen molar-refractivity contribution in [2.24, 2.45) is 0 Å². The molecule has 37 heavy (non-hydrogen) atoms. The molecule has 2 aromatic carbocycles. The van der Waals surface area contributed by atoms with Gasteiger partial charge in [0.05, 0.1) is 18.3 Å². The van der Waals surface area contributed by atoms with Crippen molar-refractivity contribution in [3.63, 3.8) is 0 Å². The molecule has 9 heteroatoms. The van der Waals surface area contributed by atoms with Crippen LogP contribution in [-0.2, 0) is 9.53 Å². The highest BCUT2D eigenvalue weighted by Gasteiger charge is 2.08. The Kier molecular flexibility index (Phi) is 8.72. The number of rotatable bonds is 11. The van der Waals surface area contributed by atoms with Crippen LogP contribution in [0.2, 0.25) is 0 Å². The maximum absolute atomic E-state index is 12.0. The van der Waals surface area contributed by atoms with E-state index in [1.165, 1.54) is 6.33 Å². The van der Waals surface area contributed by atoms with Gasteiger partial charge in [-0.2, -0.15) is 0 Å². The Morgan fingerprint density at radius 3 is 2.73 bits per heavy atom. The third-order valence-electron chi connectivity index (χ3n) is 5.39. The standard InChI is InChI=1S/C28H28FN5O3/c1-19-14-22(7-10-26(19)37-23-8-5-20(2)31-16-23)34-28-24-15-21(6-9-25(24)32-18-33-28)4-3-12-30-27(35)17-36-13-11-29/h3-10,14-16,18H,11-13,17H2,1-2H3,(H,30,35)(H,32,33,34). The first-order valence-corrected chi connectivity index (χ1v) is 11.8. The van der Waals surface area contributed by atoms with Gasteiger partial charge in [-0.15, -0.1) is 0 Å². The quantitative estimate of drug-likeness (QED) is 0.269. The van der Waals surface area contributed by atoms with Crippen molar-refractivity contribution < 1.29 is 18.7 Å². The average molecular weight is 502 g/mol. The van der Waals surface area contributed by atoms with Crippen molar-refractivity contribution >= 4 is 34.4 Å². The van der Waals surface area contributed by atoms with E-state index in [0.717, 1.165) is 39.2 Å². The van der Waals surface area contributed by atoms with Gasteiger partial charge < -0.3 is 20.1 Å². The highest BCUT2D eigenvalue weighted by atomic mass is 19.1. The molecule has 190 valence electrons. The van der Waals surface area contributed by atoms with Gasteiger partial charge in [0.15, 0.2) is 0 Å². The van der Waals surface area contributed by atoms with Crippen LogP contribution in [0.3, 0.4) is 0 Å². The van der Waals surface area contributed by atoms with E-state index in [1.54, 1.807) is 6.20 Å². The molecule has 2 heterocycles. The summed E-state index contributed by atoms with van der Waals surface area (Å²) in [5.74, 6) is 1.81. The topological polar surface area (TPSA) is 98.3 Å². The number of hydrogen-bond acceptors (Lipinski definition) is 7. The number of halogens is 1. The molecule has 0 spiro atoms. The Labute approximate surface area is 214 Å². The lowest BCUT2D eigenvalue weighted by Gasteiger charge is -2.12. The lowest BCUT2D eigenvalue weighted by atomic mass is 10.1. The lowest BCUT2D eigenvalue weighted by molar-refractivity contribution is -0.125. The van der Waals surface area contributed by atoms with E-state index >= 15 is 0 Å². The van der Waals surface area contributed by atoms with Gasteiger partial charge in [-0.3, -0.25) is 9.78 Å². The van der Waals surface area contributed by atoms with E-state index in [4.69, 9.17) is 9.47 Å². The second-order valence-electron chi connectivity index (χ2n) is 8.29. The molecule has 2 aromatic heterocycles. The Hall–Kier alpha value is -4.37. The van der Waals surface area contributed by atoms with Crippen LogP contribution in [0.1, 0.15) is 16.8 Å². The van der Waals surface area contributed by atoms with Crippen molar-refractivity contribution in [3.05, 3.63) is 84.0 Å². The summed E-state index contributed by atoms with van der Waals surface area (Å²) in [5.41, 5.74) is 4.49. The van der Waals surface area contributed by atoms with Crippen LogP contribution >= 0.6 is 0 Å². The zero-order chi connectivity index (χ0) is 26.0. The molecule has 0 unspecified atom stereocenters. The third-order valence-corrected chi connectivity index (χ3v) is 5.39. The summed E-state index contributed by atoms with van der Waals surface area (Å²) in [6.07, 6.45) is 6.96. The molecular weight excluding hydrogens is 473 g/mol. The van der Waals surface area contributed by atoms with Crippen molar-refractivity contribution in [1.82, 2.24) is 20.3 Å². The minimum Gasteiger partial charge on any atom is -0.455 e. The van der Waals surface area contributed by atoms with E-state index in [1.807, 2.05) is 74.5 Å². The minimum absolute atomic E-state index is 0.0819. The minimum atomic E-state index is -0.610. The molecule has 2 N–H and O–H groups in total. The van der Waals surface area contributed by atoms with Crippen molar-refractivity contribution in [2.75, 3.05) is 31.7 Å². The van der Waals surface area contributed by atoms with E-state index in [-0.39, 0.29) is 19.1 Å². The number of benzene rings is 2. The number of aromatic nitrogens is 3. The SMILES string of the molecule is Cc1ccc(Oc2ccc(Nc3ncnc4ccc(C=CCNC(=O)COCCF)cc34)cc2C)cn1. The number of alkyl halides is 1. The molecule has 1 amide bonds. The first kappa shape index (κ1) is 25.7. The molecule has 0 aliphatic carbocycles. The maximum Gasteiger partial charge on any atom is 0.246 e. The zero-order valence-corrected chi connectivity index (χ0v) is 20.7. The summed E-state index contributed by atoms with van der Waals surface area (Å²) in [7, 11) is 0. The zero-order valence-electron chi connectivity index (χ0n) is 20.7. The van der Waals surface area contributed by atoms with Crippen molar-refractivity contribution in [2.45, 2.75) is 13.8 Å². The Balaban J connectivity index is 1.43. The Morgan fingerprint density at radius 2 is 1.95 bits per heavy atom. The Bertz CT molecular complexity index is 1390. The molecule has 0 atom stereocenters. The summed E-state index contributed by atoms with van der Waals surface area (Å²) >= 11 is 0. The summed E-state index contributed by atoms with van der Waals surface area (Å²) in [5, 5.41) is 6.93. The number of hydrogen-bond donors (Lipinski definition) is 2. The van der Waals surface area contributed by atoms with E-state index in [0.29, 0.717) is 18.1 Å². The molecule has 0 saturated heterocycles. The largest absolute Gasteiger partial charge is 0.455 e. The van der Waals surface area contributed by atoms with Crippen molar-refractivity contribution in [1.29, 1.82) is 0 Å². The fraction of sp³-hybridized carbons (Fsp3) is 0.214. The predicted octanol–water partition coefficient (Wildman–Crippen LogP) is 5.29. The summed E-state index contributed by atoms with van der Waals surface area (Å²) in [6, 6.07) is 15.5. The molecule has 0 fully saturated rings. The number of pyridine rings is 1. The van der Waals surface area contributed by atoms with Crippen LogP contribution in [0.15, 0.2) is 67.1 Å². The van der Waals surface area contributed by atoms with Crippen molar-refractivity contribution in [3.8, 4) is 11.5 Å². The summed E-state index contributed by atoms with van der Waals surface area (Å²) < 4.78 is 22.9. The first-order valence-electron chi connectivity index (χ1n) is 11.8. The molecule has 0 saturated carbocycles. The number of nitrogens with one attached hydrogen (secondary N) is 2. The lowest BCUT2D eigenvalue weighted by Crippen LogP contribution is -2.27. The van der Waals surface area contributed by atoms with Gasteiger partial charge in [-0.1, -0.05) is 18.2 Å². The normalized spacial score (nSPS) is 11.1. The molecule has 8 nitrogen and oxygen atoms in total. The molecule has 4 rings (SSSR count). The molecular formula is C28H28FN5O3. The molecule has 0 aliphatic heterocycles. The van der Waals surface area contributed by atoms with Gasteiger partial charge in [-0.25, -0.2) is 14.4 Å². The van der Waals surface area contributed by atoms with Crippen LogP contribution in [0.25, 0.3) is 17.0 Å². The highest BCUT2D eigenvalue weighted by Crippen LogP contribution is 2.30. The highest BCUT2D eigenvalue weighted by molar-refractivity contribution is 5.92. The molecule has 0 radical (unpaired) electrons. The number of amides is 1. The first-order chi connectivity index (χ1) is 18.0. The number of ether oxygens (including phenoxy) is 2. The fourth-order valence-corrected chi connectivity index (χ4v) is 3.54. The van der Waals surface area contributed by atoms with Crippen LogP contribution in [0.5, 0.6) is 11.5 Å². The van der Waals surface area contributed by atoms with Crippen LogP contribution in [-0.4, -0.2) is 47.3 Å². The molecule has 0 aliphatic rings. The number of fused-ring (bicyclic) bond motifs is 1. The Morgan fingerprint density at radius 1 is 1.05 bits per heavy atom. The number of aryl methyl sites for hydroxylation is 2. The van der Waals surface area contributed by atoms with Gasteiger partial charge in [0.25, 0.3) is 0 Å². The number of carbonyl (C=O) groups excluding carboxylic acids is 1. The van der Waals surface area contributed by atoms with Gasteiger partial charge >= 0.3 is 0 Å². The molecule has 0 bridgehead atoms. The van der Waals surface area contributed by atoms with Crippen LogP contribution in [0.4, 0.5) is 15.9 Å². The average Bonchev–Trinajstić information content (AvgIpc) is 2.90. The van der Waals surface area contributed by atoms with Crippen LogP contribution < -0.4 is 15.4 Å². The monoisotopic (exact) mass is 501 g/mol. The smallest absolute Gasteiger partial charge is 0.246 e. The van der Waals surface area contributed by atoms with Gasteiger partial charge in [0.1, 0.15) is 36.9 Å².